The highest BCUT2D eigenvalue weighted by atomic mass is 32.2. The zero-order chi connectivity index (χ0) is 29.9. The van der Waals surface area contributed by atoms with Gasteiger partial charge >= 0.3 is 0 Å². The van der Waals surface area contributed by atoms with E-state index in [-0.39, 0.29) is 28.1 Å². The SMILES string of the molecule is Cc1cccc(C)c1-c1cc2nc(n1)NS(=O)(=O)c1cccc(c1)C(C1CC3(CC(C)C3)C1)[C@H](CCC(C)(C)C)CO2. The number of nitrogens with zero attached hydrogens (tertiary/aromatic N) is 2. The summed E-state index contributed by atoms with van der Waals surface area (Å²) in [6.07, 6.45) is 7.15. The van der Waals surface area contributed by atoms with Crippen molar-refractivity contribution in [3.05, 3.63) is 65.2 Å². The van der Waals surface area contributed by atoms with E-state index in [4.69, 9.17) is 4.74 Å². The number of anilines is 1. The number of nitrogens with one attached hydrogen (secondary N) is 1. The third-order valence-corrected chi connectivity index (χ3v) is 11.2. The molecule has 3 aliphatic rings. The van der Waals surface area contributed by atoms with Crippen molar-refractivity contribution in [1.82, 2.24) is 9.97 Å². The fraction of sp³-hybridized carbons (Fsp3) is 0.543. The zero-order valence-corrected chi connectivity index (χ0v) is 26.7. The van der Waals surface area contributed by atoms with Crippen molar-refractivity contribution in [3.8, 4) is 17.1 Å². The molecular weight excluding hydrogens is 542 g/mol. The summed E-state index contributed by atoms with van der Waals surface area (Å²) in [4.78, 5) is 9.49. The molecule has 1 N–H and O–H groups in total. The summed E-state index contributed by atoms with van der Waals surface area (Å²) in [5.41, 5.74) is 5.54. The average Bonchev–Trinajstić information content (AvgIpc) is 2.86. The number of aryl methyl sites for hydroxylation is 2. The van der Waals surface area contributed by atoms with Gasteiger partial charge in [0.05, 0.1) is 17.2 Å². The van der Waals surface area contributed by atoms with E-state index in [1.807, 2.05) is 50.2 Å². The van der Waals surface area contributed by atoms with E-state index in [9.17, 15) is 8.42 Å². The van der Waals surface area contributed by atoms with Gasteiger partial charge < -0.3 is 4.74 Å². The molecule has 2 heterocycles. The van der Waals surface area contributed by atoms with Crippen molar-refractivity contribution < 1.29 is 13.2 Å². The summed E-state index contributed by atoms with van der Waals surface area (Å²) in [7, 11) is -3.91. The molecule has 0 saturated heterocycles. The van der Waals surface area contributed by atoms with Gasteiger partial charge in [-0.1, -0.05) is 58.0 Å². The van der Waals surface area contributed by atoms with E-state index in [0.717, 1.165) is 41.0 Å². The number of benzene rings is 2. The van der Waals surface area contributed by atoms with Gasteiger partial charge in [-0.2, -0.15) is 4.98 Å². The molecule has 6 nitrogen and oxygen atoms in total. The number of fused-ring (bicyclic) bond motifs is 4. The minimum absolute atomic E-state index is 0.0268. The van der Waals surface area contributed by atoms with Crippen molar-refractivity contribution in [3.63, 3.8) is 0 Å². The lowest BCUT2D eigenvalue weighted by atomic mass is 9.45. The summed E-state index contributed by atoms with van der Waals surface area (Å²) in [5, 5.41) is 0. The molecule has 0 amide bonds. The van der Waals surface area contributed by atoms with Crippen LogP contribution in [0.4, 0.5) is 5.95 Å². The van der Waals surface area contributed by atoms with Crippen LogP contribution in [0, 0.1) is 42.4 Å². The predicted molar refractivity (Wildman–Crippen MR) is 168 cm³/mol. The summed E-state index contributed by atoms with van der Waals surface area (Å²) >= 11 is 0. The Balaban J connectivity index is 1.44. The van der Waals surface area contributed by atoms with Crippen molar-refractivity contribution in [1.29, 1.82) is 0 Å². The summed E-state index contributed by atoms with van der Waals surface area (Å²) < 4.78 is 36.7. The monoisotopic (exact) mass is 587 g/mol. The van der Waals surface area contributed by atoms with Gasteiger partial charge in [0.15, 0.2) is 0 Å². The van der Waals surface area contributed by atoms with Gasteiger partial charge in [0.2, 0.25) is 11.8 Å². The van der Waals surface area contributed by atoms with Gasteiger partial charge in [-0.15, -0.1) is 0 Å². The standard InChI is InChI=1S/C35H45N3O3S/c1-22-17-35(18-22)19-27(20-35)32-25-11-8-12-28(15-25)42(39,40)38-33-36-29(31-23(2)9-7-10-24(31)3)16-30(37-33)41-21-26(32)13-14-34(4,5)6/h7-12,15-16,22,26-27,32H,13-14,17-21H2,1-6H3,(H,36,37,38)/t22?,26-,27?,32?,35?/m1/s1. The Morgan fingerprint density at radius 2 is 1.67 bits per heavy atom. The first-order chi connectivity index (χ1) is 19.8. The van der Waals surface area contributed by atoms with Gasteiger partial charge in [-0.05, 0) is 110 Å². The molecule has 2 aliphatic carbocycles. The average molecular weight is 588 g/mol. The third-order valence-electron chi connectivity index (χ3n) is 9.90. The quantitative estimate of drug-likeness (QED) is 0.332. The molecule has 1 aromatic heterocycles. The van der Waals surface area contributed by atoms with Gasteiger partial charge in [-0.3, -0.25) is 0 Å². The maximum atomic E-state index is 13.7. The highest BCUT2D eigenvalue weighted by Crippen LogP contribution is 2.65. The van der Waals surface area contributed by atoms with Crippen LogP contribution in [0.1, 0.15) is 88.8 Å². The van der Waals surface area contributed by atoms with E-state index in [2.05, 4.69) is 48.5 Å². The Kier molecular flexibility index (Phi) is 7.40. The molecule has 6 rings (SSSR count). The minimum atomic E-state index is -3.91. The second-order valence-corrected chi connectivity index (χ2v) is 16.4. The van der Waals surface area contributed by atoms with E-state index in [1.54, 1.807) is 6.07 Å². The maximum Gasteiger partial charge on any atom is 0.264 e. The molecule has 224 valence electrons. The predicted octanol–water partition coefficient (Wildman–Crippen LogP) is 8.31. The van der Waals surface area contributed by atoms with Crippen LogP contribution in [-0.2, 0) is 10.0 Å². The van der Waals surface area contributed by atoms with E-state index < -0.39 is 10.0 Å². The van der Waals surface area contributed by atoms with Gasteiger partial charge in [-0.25, -0.2) is 18.1 Å². The largest absolute Gasteiger partial charge is 0.477 e. The second kappa shape index (κ2) is 10.7. The molecule has 2 aromatic carbocycles. The topological polar surface area (TPSA) is 81.2 Å². The third kappa shape index (κ3) is 5.82. The molecular formula is C35H45N3O3S. The molecule has 42 heavy (non-hydrogen) atoms. The molecule has 2 fully saturated rings. The molecule has 2 atom stereocenters. The number of hydrogen-bond acceptors (Lipinski definition) is 5. The van der Waals surface area contributed by atoms with Crippen molar-refractivity contribution in [2.75, 3.05) is 11.3 Å². The zero-order valence-electron chi connectivity index (χ0n) is 25.9. The Morgan fingerprint density at radius 1 is 0.976 bits per heavy atom. The Labute approximate surface area is 251 Å². The Bertz CT molecular complexity index is 1560. The first-order valence-corrected chi connectivity index (χ1v) is 17.0. The molecule has 1 spiro atoms. The molecule has 0 radical (unpaired) electrons. The number of hydrogen-bond donors (Lipinski definition) is 1. The smallest absolute Gasteiger partial charge is 0.264 e. The van der Waals surface area contributed by atoms with Gasteiger partial charge in [0, 0.05) is 17.5 Å². The summed E-state index contributed by atoms with van der Waals surface area (Å²) in [6, 6.07) is 15.6. The van der Waals surface area contributed by atoms with E-state index in [0.29, 0.717) is 29.5 Å². The number of sulfonamides is 1. The molecule has 7 heteroatoms. The first-order valence-electron chi connectivity index (χ1n) is 15.5. The van der Waals surface area contributed by atoms with Crippen LogP contribution in [0.15, 0.2) is 53.4 Å². The highest BCUT2D eigenvalue weighted by molar-refractivity contribution is 7.92. The summed E-state index contributed by atoms with van der Waals surface area (Å²) in [6.45, 7) is 13.8. The van der Waals surface area contributed by atoms with Gasteiger partial charge in [0.25, 0.3) is 10.0 Å². The minimum Gasteiger partial charge on any atom is -0.477 e. The van der Waals surface area contributed by atoms with Crippen LogP contribution in [0.3, 0.4) is 0 Å². The maximum absolute atomic E-state index is 13.7. The molecule has 4 bridgehead atoms. The molecule has 2 saturated carbocycles. The fourth-order valence-electron chi connectivity index (χ4n) is 8.12. The number of aromatic nitrogens is 2. The lowest BCUT2D eigenvalue weighted by Crippen LogP contribution is -2.49. The van der Waals surface area contributed by atoms with Crippen molar-refractivity contribution in [2.45, 2.75) is 90.9 Å². The second-order valence-electron chi connectivity index (χ2n) is 14.7. The van der Waals surface area contributed by atoms with Crippen LogP contribution in [-0.4, -0.2) is 25.0 Å². The van der Waals surface area contributed by atoms with Crippen molar-refractivity contribution >= 4 is 16.0 Å². The van der Waals surface area contributed by atoms with Gasteiger partial charge in [0.1, 0.15) is 0 Å². The van der Waals surface area contributed by atoms with Crippen LogP contribution >= 0.6 is 0 Å². The van der Waals surface area contributed by atoms with E-state index >= 15 is 0 Å². The first kappa shape index (κ1) is 29.2. The van der Waals surface area contributed by atoms with Crippen LogP contribution in [0.25, 0.3) is 11.3 Å². The van der Waals surface area contributed by atoms with Crippen LogP contribution in [0.2, 0.25) is 0 Å². The van der Waals surface area contributed by atoms with Crippen molar-refractivity contribution in [2.24, 2.45) is 28.6 Å². The number of ether oxygens (including phenoxy) is 1. The normalized spacial score (nSPS) is 28.3. The lowest BCUT2D eigenvalue weighted by molar-refractivity contribution is -0.0799. The highest BCUT2D eigenvalue weighted by Gasteiger charge is 2.54. The molecule has 1 unspecified atom stereocenters. The summed E-state index contributed by atoms with van der Waals surface area (Å²) in [5.74, 6) is 2.23. The lowest BCUT2D eigenvalue weighted by Gasteiger charge is -2.60. The Morgan fingerprint density at radius 3 is 2.33 bits per heavy atom. The van der Waals surface area contributed by atoms with E-state index in [1.165, 1.54) is 25.7 Å². The molecule has 3 aromatic rings. The van der Waals surface area contributed by atoms with Crippen LogP contribution < -0.4 is 9.46 Å². The Hall–Kier alpha value is -2.93. The number of rotatable bonds is 4. The fourth-order valence-corrected chi connectivity index (χ4v) is 9.12. The van der Waals surface area contributed by atoms with Crippen LogP contribution in [0.5, 0.6) is 5.88 Å². The molecule has 1 aliphatic heterocycles.